The summed E-state index contributed by atoms with van der Waals surface area (Å²) in [5.41, 5.74) is -2.40. The average molecular weight is 465 g/mol. The maximum absolute atomic E-state index is 12.9. The Bertz CT molecular complexity index is 844. The molecule has 1 N–H and O–H groups in total. The minimum absolute atomic E-state index is 0.00314. The van der Waals surface area contributed by atoms with Gasteiger partial charge in [0, 0.05) is 15.6 Å². The van der Waals surface area contributed by atoms with Gasteiger partial charge in [0.15, 0.2) is 10.2 Å². The highest BCUT2D eigenvalue weighted by Crippen LogP contribution is 2.39. The molecule has 0 saturated heterocycles. The summed E-state index contributed by atoms with van der Waals surface area (Å²) in [6.45, 7) is 0. The van der Waals surface area contributed by atoms with Crippen LogP contribution in [-0.2, 0) is 6.18 Å². The van der Waals surface area contributed by atoms with Crippen molar-refractivity contribution < 1.29 is 22.9 Å². The highest BCUT2D eigenvalue weighted by Gasteiger charge is 2.40. The van der Waals surface area contributed by atoms with E-state index in [1.54, 1.807) is 0 Å². The number of carbonyl (C=O) groups excluding carboxylic acids is 1. The van der Waals surface area contributed by atoms with Crippen LogP contribution >= 0.6 is 50.5 Å². The monoisotopic (exact) mass is 463 g/mol. The highest BCUT2D eigenvalue weighted by atomic mass is 79.9. The highest BCUT2D eigenvalue weighted by molar-refractivity contribution is 9.10. The molecule has 6 nitrogen and oxygen atoms in total. The number of anilines is 1. The van der Waals surface area contributed by atoms with Gasteiger partial charge < -0.3 is 5.32 Å². The lowest BCUT2D eigenvalue weighted by molar-refractivity contribution is -0.384. The van der Waals surface area contributed by atoms with E-state index >= 15 is 0 Å². The fraction of sp³-hybridized carbons (Fsp3) is 0.0909. The van der Waals surface area contributed by atoms with Crippen LogP contribution in [0.2, 0.25) is 9.49 Å². The molecule has 0 spiro atoms. The number of hydrogen-bond acceptors (Lipinski definition) is 5. The summed E-state index contributed by atoms with van der Waals surface area (Å²) in [5, 5.41) is 13.1. The van der Waals surface area contributed by atoms with Gasteiger partial charge >= 0.3 is 6.18 Å². The second kappa shape index (κ2) is 6.82. The molecular formula is C11H3BrCl2F3N3O3S. The number of aromatic nitrogens is 1. The molecule has 1 aromatic heterocycles. The van der Waals surface area contributed by atoms with Crippen molar-refractivity contribution in [1.29, 1.82) is 0 Å². The molecular weight excluding hydrogens is 462 g/mol. The number of carbonyl (C=O) groups is 1. The molecule has 0 unspecified atom stereocenters. The van der Waals surface area contributed by atoms with Crippen molar-refractivity contribution in [1.82, 2.24) is 4.98 Å². The lowest BCUT2D eigenvalue weighted by Crippen LogP contribution is -2.18. The molecule has 0 aliphatic rings. The standard InChI is InChI=1S/C11H3BrCl2F3N3O3S/c12-4-1-3(13)2-5(20(22)23)6(4)18-9(21)7-8(11(15,16)17)19-10(14)24-7/h1-2H,(H,18,21). The number of nitrogens with zero attached hydrogens (tertiary/aromatic N) is 2. The molecule has 128 valence electrons. The molecule has 0 radical (unpaired) electrons. The van der Waals surface area contributed by atoms with Crippen LogP contribution in [0.3, 0.4) is 0 Å². The number of hydrogen-bond donors (Lipinski definition) is 1. The number of amides is 1. The van der Waals surface area contributed by atoms with E-state index in [0.717, 1.165) is 6.07 Å². The van der Waals surface area contributed by atoms with Crippen LogP contribution in [0.1, 0.15) is 15.4 Å². The lowest BCUT2D eigenvalue weighted by Gasteiger charge is -2.09. The third-order valence-electron chi connectivity index (χ3n) is 2.55. The number of halogens is 6. The summed E-state index contributed by atoms with van der Waals surface area (Å²) in [5.74, 6) is -1.24. The number of rotatable bonds is 3. The van der Waals surface area contributed by atoms with Gasteiger partial charge in [-0.05, 0) is 22.0 Å². The zero-order valence-corrected chi connectivity index (χ0v) is 14.9. The molecule has 0 saturated carbocycles. The molecule has 0 aliphatic heterocycles. The molecule has 1 heterocycles. The number of nitrogens with one attached hydrogen (secondary N) is 1. The zero-order chi connectivity index (χ0) is 18.2. The minimum atomic E-state index is -4.90. The molecule has 1 amide bonds. The number of thiazole rings is 1. The van der Waals surface area contributed by atoms with Gasteiger partial charge in [-0.3, -0.25) is 14.9 Å². The first-order valence-electron chi connectivity index (χ1n) is 5.69. The first kappa shape index (κ1) is 18.9. The van der Waals surface area contributed by atoms with Gasteiger partial charge in [0.2, 0.25) is 0 Å². The molecule has 13 heteroatoms. The van der Waals surface area contributed by atoms with Gasteiger partial charge in [-0.15, -0.1) is 0 Å². The predicted molar refractivity (Wildman–Crippen MR) is 85.9 cm³/mol. The van der Waals surface area contributed by atoms with Gasteiger partial charge in [0.05, 0.1) is 4.92 Å². The van der Waals surface area contributed by atoms with E-state index in [1.165, 1.54) is 6.07 Å². The first-order valence-corrected chi connectivity index (χ1v) is 8.05. The Hall–Kier alpha value is -1.43. The maximum Gasteiger partial charge on any atom is 0.435 e. The largest absolute Gasteiger partial charge is 0.435 e. The molecule has 0 bridgehead atoms. The Morgan fingerprint density at radius 3 is 2.54 bits per heavy atom. The van der Waals surface area contributed by atoms with Crippen LogP contribution in [0.5, 0.6) is 0 Å². The van der Waals surface area contributed by atoms with Crippen LogP contribution in [0.25, 0.3) is 0 Å². The Morgan fingerprint density at radius 2 is 2.00 bits per heavy atom. The average Bonchev–Trinajstić information content (AvgIpc) is 2.83. The van der Waals surface area contributed by atoms with Crippen LogP contribution in [0.4, 0.5) is 24.5 Å². The third kappa shape index (κ3) is 3.97. The van der Waals surface area contributed by atoms with Crippen LogP contribution in [-0.4, -0.2) is 15.8 Å². The Kier molecular flexibility index (Phi) is 5.37. The Labute approximate surface area is 153 Å². The quantitative estimate of drug-likeness (QED) is 0.487. The minimum Gasteiger partial charge on any atom is -0.315 e. The van der Waals surface area contributed by atoms with Crippen LogP contribution in [0, 0.1) is 10.1 Å². The SMILES string of the molecule is O=C(Nc1c(Br)cc(Cl)cc1[N+](=O)[O-])c1sc(Cl)nc1C(F)(F)F. The summed E-state index contributed by atoms with van der Waals surface area (Å²) in [4.78, 5) is 24.6. The molecule has 0 aliphatic carbocycles. The van der Waals surface area contributed by atoms with Crippen molar-refractivity contribution in [2.45, 2.75) is 6.18 Å². The summed E-state index contributed by atoms with van der Waals surface area (Å²) in [6, 6.07) is 2.20. The van der Waals surface area contributed by atoms with Crippen molar-refractivity contribution in [3.8, 4) is 0 Å². The summed E-state index contributed by atoms with van der Waals surface area (Å²) >= 11 is 14.4. The number of nitro groups is 1. The van der Waals surface area contributed by atoms with E-state index < -0.39 is 37.7 Å². The van der Waals surface area contributed by atoms with E-state index in [2.05, 4.69) is 26.2 Å². The molecule has 0 fully saturated rings. The molecule has 0 atom stereocenters. The van der Waals surface area contributed by atoms with E-state index in [9.17, 15) is 28.1 Å². The van der Waals surface area contributed by atoms with Crippen LogP contribution in [0.15, 0.2) is 16.6 Å². The molecule has 2 rings (SSSR count). The van der Waals surface area contributed by atoms with E-state index in [4.69, 9.17) is 23.2 Å². The van der Waals surface area contributed by atoms with Gasteiger partial charge in [-0.25, -0.2) is 4.98 Å². The number of benzene rings is 1. The Balaban J connectivity index is 2.47. The molecule has 2 aromatic rings. The lowest BCUT2D eigenvalue weighted by atomic mass is 10.2. The summed E-state index contributed by atoms with van der Waals surface area (Å²) in [6.07, 6.45) is -4.90. The third-order valence-corrected chi connectivity index (χ3v) is 4.55. The van der Waals surface area contributed by atoms with Crippen molar-refractivity contribution in [3.05, 3.63) is 46.8 Å². The normalized spacial score (nSPS) is 11.4. The molecule has 1 aromatic carbocycles. The predicted octanol–water partition coefficient (Wildman–Crippen LogP) is 5.39. The maximum atomic E-state index is 12.9. The second-order valence-electron chi connectivity index (χ2n) is 4.14. The van der Waals surface area contributed by atoms with Crippen molar-refractivity contribution in [2.75, 3.05) is 5.32 Å². The fourth-order valence-corrected chi connectivity index (χ4v) is 3.55. The van der Waals surface area contributed by atoms with Crippen molar-refractivity contribution in [3.63, 3.8) is 0 Å². The summed E-state index contributed by atoms with van der Waals surface area (Å²) < 4.78 is 38.2. The topological polar surface area (TPSA) is 85.1 Å². The van der Waals surface area contributed by atoms with Gasteiger partial charge in [-0.1, -0.05) is 34.5 Å². The zero-order valence-electron chi connectivity index (χ0n) is 10.9. The first-order chi connectivity index (χ1) is 11.0. The number of nitro benzene ring substituents is 1. The molecule has 24 heavy (non-hydrogen) atoms. The fourth-order valence-electron chi connectivity index (χ4n) is 1.64. The van der Waals surface area contributed by atoms with Crippen molar-refractivity contribution in [2.24, 2.45) is 0 Å². The van der Waals surface area contributed by atoms with E-state index in [-0.39, 0.29) is 15.2 Å². The second-order valence-corrected chi connectivity index (χ2v) is 7.01. The van der Waals surface area contributed by atoms with E-state index in [0.29, 0.717) is 11.3 Å². The van der Waals surface area contributed by atoms with Gasteiger partial charge in [0.1, 0.15) is 10.6 Å². The smallest absolute Gasteiger partial charge is 0.315 e. The van der Waals surface area contributed by atoms with Gasteiger partial charge in [-0.2, -0.15) is 13.2 Å². The van der Waals surface area contributed by atoms with Crippen molar-refractivity contribution >= 4 is 67.8 Å². The summed E-state index contributed by atoms with van der Waals surface area (Å²) in [7, 11) is 0. The number of alkyl halides is 3. The van der Waals surface area contributed by atoms with Crippen LogP contribution < -0.4 is 5.32 Å². The Morgan fingerprint density at radius 1 is 1.38 bits per heavy atom. The van der Waals surface area contributed by atoms with Gasteiger partial charge in [0.25, 0.3) is 11.6 Å². The van der Waals surface area contributed by atoms with E-state index in [1.807, 2.05) is 0 Å².